The van der Waals surface area contributed by atoms with E-state index in [1.165, 1.54) is 6.07 Å². The molecule has 0 aliphatic heterocycles. The molecule has 0 radical (unpaired) electrons. The number of nitrogens with two attached hydrogens (primary N) is 1. The molecule has 2 rings (SSSR count). The van der Waals surface area contributed by atoms with Gasteiger partial charge in [-0.1, -0.05) is 13.8 Å². The molecule has 18 heavy (non-hydrogen) atoms. The van der Waals surface area contributed by atoms with E-state index >= 15 is 0 Å². The number of aromatic nitrogens is 2. The molecular weight excluding hydrogens is 297 g/mol. The van der Waals surface area contributed by atoms with E-state index < -0.39 is 0 Å². The summed E-state index contributed by atoms with van der Waals surface area (Å²) in [5.41, 5.74) is 7.37. The Bertz CT molecular complexity index is 587. The number of nitrogens with zero attached hydrogens (tertiary/aromatic N) is 2. The molecule has 0 saturated heterocycles. The van der Waals surface area contributed by atoms with Crippen LogP contribution in [0.3, 0.4) is 0 Å². The smallest absolute Gasteiger partial charge is 0.201 e. The Hall–Kier alpha value is -1.10. The van der Waals surface area contributed by atoms with Crippen molar-refractivity contribution >= 4 is 32.9 Å². The number of benzene rings is 1. The zero-order valence-corrected chi connectivity index (χ0v) is 12.4. The summed E-state index contributed by atoms with van der Waals surface area (Å²) in [5.74, 6) is 0.121. The zero-order valence-electron chi connectivity index (χ0n) is 10.8. The highest BCUT2D eigenvalue weighted by Crippen LogP contribution is 2.34. The van der Waals surface area contributed by atoms with E-state index in [1.807, 2.05) is 4.57 Å². The van der Waals surface area contributed by atoms with Gasteiger partial charge in [0.1, 0.15) is 5.82 Å². The number of rotatable bonds is 3. The van der Waals surface area contributed by atoms with Crippen molar-refractivity contribution in [1.82, 2.24) is 9.55 Å². The minimum atomic E-state index is -0.318. The highest BCUT2D eigenvalue weighted by Gasteiger charge is 2.27. The van der Waals surface area contributed by atoms with Crippen LogP contribution in [0.1, 0.15) is 33.6 Å². The van der Waals surface area contributed by atoms with Crippen molar-refractivity contribution in [3.63, 3.8) is 0 Å². The van der Waals surface area contributed by atoms with Gasteiger partial charge in [-0.25, -0.2) is 9.37 Å². The maximum absolute atomic E-state index is 13.5. The Labute approximate surface area is 114 Å². The number of hydrogen-bond acceptors (Lipinski definition) is 2. The van der Waals surface area contributed by atoms with Gasteiger partial charge in [0.2, 0.25) is 5.95 Å². The number of imidazole rings is 1. The standard InChI is InChI=1S/C13H17BrFN3/c1-4-13(3,5-2)18-11-6-8(14)9(15)7-10(11)17-12(18)16/h6-7H,4-5H2,1-3H3,(H2,16,17). The molecule has 0 bridgehead atoms. The average Bonchev–Trinajstić information content (AvgIpc) is 2.65. The SMILES string of the molecule is CCC(C)(CC)n1c(N)nc2cc(F)c(Br)cc21. The minimum absolute atomic E-state index is 0.101. The molecule has 3 nitrogen and oxygen atoms in total. The Morgan fingerprint density at radius 2 is 2.00 bits per heavy atom. The fourth-order valence-electron chi connectivity index (χ4n) is 2.22. The summed E-state index contributed by atoms with van der Waals surface area (Å²) in [6.45, 7) is 6.38. The molecule has 0 saturated carbocycles. The molecule has 5 heteroatoms. The molecule has 0 fully saturated rings. The predicted octanol–water partition coefficient (Wildman–Crippen LogP) is 4.06. The fourth-order valence-corrected chi connectivity index (χ4v) is 2.56. The fraction of sp³-hybridized carbons (Fsp3) is 0.462. The summed E-state index contributed by atoms with van der Waals surface area (Å²) >= 11 is 3.21. The molecule has 1 aromatic carbocycles. The largest absolute Gasteiger partial charge is 0.369 e. The zero-order chi connectivity index (χ0) is 13.5. The van der Waals surface area contributed by atoms with Crippen LogP contribution < -0.4 is 5.73 Å². The monoisotopic (exact) mass is 313 g/mol. The van der Waals surface area contributed by atoms with Gasteiger partial charge in [-0.2, -0.15) is 0 Å². The highest BCUT2D eigenvalue weighted by molar-refractivity contribution is 9.10. The average molecular weight is 314 g/mol. The van der Waals surface area contributed by atoms with Gasteiger partial charge in [0.25, 0.3) is 0 Å². The van der Waals surface area contributed by atoms with Gasteiger partial charge in [0.05, 0.1) is 15.5 Å². The summed E-state index contributed by atoms with van der Waals surface area (Å²) in [6, 6.07) is 3.16. The van der Waals surface area contributed by atoms with Gasteiger partial charge in [-0.3, -0.25) is 0 Å². The van der Waals surface area contributed by atoms with Crippen LogP contribution in [0.2, 0.25) is 0 Å². The summed E-state index contributed by atoms with van der Waals surface area (Å²) in [5, 5.41) is 0. The maximum atomic E-state index is 13.5. The first-order valence-electron chi connectivity index (χ1n) is 6.06. The third-order valence-electron chi connectivity index (χ3n) is 3.79. The van der Waals surface area contributed by atoms with Crippen molar-refractivity contribution in [3.05, 3.63) is 22.4 Å². The molecule has 1 aromatic heterocycles. The molecule has 0 atom stereocenters. The number of anilines is 1. The quantitative estimate of drug-likeness (QED) is 0.928. The van der Waals surface area contributed by atoms with E-state index in [9.17, 15) is 4.39 Å². The molecule has 0 aliphatic rings. The van der Waals surface area contributed by atoms with Crippen molar-refractivity contribution in [2.24, 2.45) is 0 Å². The van der Waals surface area contributed by atoms with E-state index in [2.05, 4.69) is 41.7 Å². The maximum Gasteiger partial charge on any atom is 0.201 e. The van der Waals surface area contributed by atoms with Gasteiger partial charge < -0.3 is 10.3 Å². The second-order valence-electron chi connectivity index (χ2n) is 4.76. The number of nitrogen functional groups attached to an aromatic ring is 1. The van der Waals surface area contributed by atoms with E-state index in [-0.39, 0.29) is 11.4 Å². The first-order valence-corrected chi connectivity index (χ1v) is 6.85. The van der Waals surface area contributed by atoms with Crippen molar-refractivity contribution in [3.8, 4) is 0 Å². The van der Waals surface area contributed by atoms with Crippen LogP contribution >= 0.6 is 15.9 Å². The highest BCUT2D eigenvalue weighted by atomic mass is 79.9. The molecular formula is C13H17BrFN3. The second-order valence-corrected chi connectivity index (χ2v) is 5.62. The lowest BCUT2D eigenvalue weighted by atomic mass is 9.95. The number of fused-ring (bicyclic) bond motifs is 1. The van der Waals surface area contributed by atoms with Crippen molar-refractivity contribution in [2.75, 3.05) is 5.73 Å². The summed E-state index contributed by atoms with van der Waals surface area (Å²) in [7, 11) is 0. The Morgan fingerprint density at radius 1 is 1.39 bits per heavy atom. The van der Waals surface area contributed by atoms with Gasteiger partial charge >= 0.3 is 0 Å². The van der Waals surface area contributed by atoms with Crippen molar-refractivity contribution in [1.29, 1.82) is 0 Å². The summed E-state index contributed by atoms with van der Waals surface area (Å²) < 4.78 is 16.0. The third kappa shape index (κ3) is 1.90. The molecule has 2 N–H and O–H groups in total. The van der Waals surface area contributed by atoms with Crippen LogP contribution in [0, 0.1) is 5.82 Å². The Balaban J connectivity index is 2.78. The molecule has 0 aliphatic carbocycles. The van der Waals surface area contributed by atoms with Gasteiger partial charge in [-0.15, -0.1) is 0 Å². The third-order valence-corrected chi connectivity index (χ3v) is 4.39. The topological polar surface area (TPSA) is 43.8 Å². The molecule has 0 unspecified atom stereocenters. The number of halogens is 2. The Morgan fingerprint density at radius 3 is 2.56 bits per heavy atom. The minimum Gasteiger partial charge on any atom is -0.369 e. The van der Waals surface area contributed by atoms with E-state index in [0.717, 1.165) is 18.4 Å². The van der Waals surface area contributed by atoms with Crippen LogP contribution in [0.5, 0.6) is 0 Å². The molecule has 1 heterocycles. The predicted molar refractivity (Wildman–Crippen MR) is 76.0 cm³/mol. The lowest BCUT2D eigenvalue weighted by molar-refractivity contribution is 0.307. The van der Waals surface area contributed by atoms with Gasteiger partial charge in [0, 0.05) is 11.6 Å². The first kappa shape index (κ1) is 13.3. The van der Waals surface area contributed by atoms with Crippen LogP contribution in [0.4, 0.5) is 10.3 Å². The lowest BCUT2D eigenvalue weighted by Crippen LogP contribution is -2.29. The number of hydrogen-bond donors (Lipinski definition) is 1. The van der Waals surface area contributed by atoms with Crippen molar-refractivity contribution in [2.45, 2.75) is 39.2 Å². The van der Waals surface area contributed by atoms with Crippen LogP contribution in [0.25, 0.3) is 11.0 Å². The van der Waals surface area contributed by atoms with Crippen LogP contribution in [-0.2, 0) is 5.54 Å². The normalized spacial score (nSPS) is 12.3. The second kappa shape index (κ2) is 4.53. The lowest BCUT2D eigenvalue weighted by Gasteiger charge is -2.30. The van der Waals surface area contributed by atoms with E-state index in [1.54, 1.807) is 6.07 Å². The van der Waals surface area contributed by atoms with E-state index in [4.69, 9.17) is 5.73 Å². The van der Waals surface area contributed by atoms with E-state index in [0.29, 0.717) is 15.9 Å². The van der Waals surface area contributed by atoms with Gasteiger partial charge in [-0.05, 0) is 41.8 Å². The molecule has 0 spiro atoms. The first-order chi connectivity index (χ1) is 8.42. The summed E-state index contributed by atoms with van der Waals surface area (Å²) in [6.07, 6.45) is 1.88. The molecule has 0 amide bonds. The summed E-state index contributed by atoms with van der Waals surface area (Å²) in [4.78, 5) is 4.26. The Kier molecular flexibility index (Phi) is 3.36. The molecule has 98 valence electrons. The van der Waals surface area contributed by atoms with Crippen LogP contribution in [-0.4, -0.2) is 9.55 Å². The molecule has 2 aromatic rings. The van der Waals surface area contributed by atoms with Gasteiger partial charge in [0.15, 0.2) is 0 Å². The van der Waals surface area contributed by atoms with Crippen LogP contribution in [0.15, 0.2) is 16.6 Å². The van der Waals surface area contributed by atoms with Crippen molar-refractivity contribution < 1.29 is 4.39 Å².